The van der Waals surface area contributed by atoms with Gasteiger partial charge in [0.15, 0.2) is 0 Å². The van der Waals surface area contributed by atoms with Gasteiger partial charge in [-0.3, -0.25) is 15.1 Å². The zero-order valence-electron chi connectivity index (χ0n) is 14.6. The predicted octanol–water partition coefficient (Wildman–Crippen LogP) is 1.84. The number of aromatic hydroxyl groups is 1. The molecule has 2 aromatic rings. The second-order valence-electron chi connectivity index (χ2n) is 5.86. The molecule has 1 heterocycles. The molecule has 27 heavy (non-hydrogen) atoms. The van der Waals surface area contributed by atoms with Crippen LogP contribution in [-0.4, -0.2) is 48.1 Å². The number of aliphatic hydroxyl groups is 1. The molecule has 0 spiro atoms. The van der Waals surface area contributed by atoms with Crippen LogP contribution in [0.15, 0.2) is 47.5 Å². The van der Waals surface area contributed by atoms with Crippen LogP contribution in [0.1, 0.15) is 27.6 Å². The third-order valence-corrected chi connectivity index (χ3v) is 4.15. The van der Waals surface area contributed by atoms with Crippen LogP contribution in [0.25, 0.3) is 0 Å². The van der Waals surface area contributed by atoms with E-state index in [4.69, 9.17) is 0 Å². The van der Waals surface area contributed by atoms with Crippen molar-refractivity contribution in [3.05, 3.63) is 59.2 Å². The SMILES string of the molecule is COC(=O)Nc1ccc(C(O)C2=NCCNC(=O)c3ccccc32)cc1O. The number of aliphatic hydroxyl groups excluding tert-OH is 1. The van der Waals surface area contributed by atoms with Crippen molar-refractivity contribution in [1.82, 2.24) is 5.32 Å². The Balaban J connectivity index is 1.96. The highest BCUT2D eigenvalue weighted by atomic mass is 16.5. The number of aliphatic imine (C=N–C) groups is 1. The maximum Gasteiger partial charge on any atom is 0.411 e. The van der Waals surface area contributed by atoms with Gasteiger partial charge >= 0.3 is 6.09 Å². The van der Waals surface area contributed by atoms with Crippen LogP contribution in [0.3, 0.4) is 0 Å². The van der Waals surface area contributed by atoms with Crippen molar-refractivity contribution in [3.63, 3.8) is 0 Å². The molecule has 2 aromatic carbocycles. The zero-order valence-corrected chi connectivity index (χ0v) is 14.6. The Hall–Kier alpha value is -3.39. The molecule has 8 heteroatoms. The highest BCUT2D eigenvalue weighted by molar-refractivity contribution is 6.12. The molecule has 0 aliphatic carbocycles. The normalized spacial score (nSPS) is 14.7. The number of carbonyl (C=O) groups is 2. The topological polar surface area (TPSA) is 120 Å². The quantitative estimate of drug-likeness (QED) is 0.615. The van der Waals surface area contributed by atoms with Crippen LogP contribution in [0, 0.1) is 0 Å². The molecule has 1 unspecified atom stereocenters. The summed E-state index contributed by atoms with van der Waals surface area (Å²) in [4.78, 5) is 28.0. The van der Waals surface area contributed by atoms with Gasteiger partial charge in [-0.1, -0.05) is 24.3 Å². The van der Waals surface area contributed by atoms with E-state index < -0.39 is 12.2 Å². The summed E-state index contributed by atoms with van der Waals surface area (Å²) in [5.74, 6) is -0.458. The van der Waals surface area contributed by atoms with Crippen molar-refractivity contribution in [1.29, 1.82) is 0 Å². The smallest absolute Gasteiger partial charge is 0.411 e. The first-order valence-corrected chi connectivity index (χ1v) is 8.29. The maximum atomic E-state index is 12.3. The number of phenols is 1. The summed E-state index contributed by atoms with van der Waals surface area (Å²) in [5, 5.41) is 26.1. The fourth-order valence-electron chi connectivity index (χ4n) is 2.81. The summed E-state index contributed by atoms with van der Waals surface area (Å²) in [5.41, 5.74) is 1.81. The number of amides is 2. The molecule has 0 saturated heterocycles. The van der Waals surface area contributed by atoms with Gasteiger partial charge in [0.25, 0.3) is 5.91 Å². The molecule has 0 radical (unpaired) electrons. The maximum absolute atomic E-state index is 12.3. The molecule has 2 amide bonds. The first-order chi connectivity index (χ1) is 13.0. The average Bonchev–Trinajstić information content (AvgIpc) is 2.67. The van der Waals surface area contributed by atoms with Crippen molar-refractivity contribution in [2.24, 2.45) is 4.99 Å². The van der Waals surface area contributed by atoms with Gasteiger partial charge in [0.1, 0.15) is 11.9 Å². The lowest BCUT2D eigenvalue weighted by Gasteiger charge is -2.20. The number of ether oxygens (including phenoxy) is 1. The van der Waals surface area contributed by atoms with Gasteiger partial charge in [-0.05, 0) is 23.8 Å². The first kappa shape index (κ1) is 18.4. The van der Waals surface area contributed by atoms with Crippen molar-refractivity contribution in [3.8, 4) is 5.75 Å². The van der Waals surface area contributed by atoms with Crippen LogP contribution in [0.2, 0.25) is 0 Å². The van der Waals surface area contributed by atoms with Gasteiger partial charge in [-0.15, -0.1) is 0 Å². The summed E-state index contributed by atoms with van der Waals surface area (Å²) >= 11 is 0. The molecule has 1 aliphatic rings. The van der Waals surface area contributed by atoms with E-state index in [0.29, 0.717) is 35.5 Å². The van der Waals surface area contributed by atoms with E-state index in [1.165, 1.54) is 19.2 Å². The number of anilines is 1. The van der Waals surface area contributed by atoms with E-state index in [9.17, 15) is 19.8 Å². The number of methoxy groups -OCH3 is 1. The third kappa shape index (κ3) is 3.90. The number of benzene rings is 2. The summed E-state index contributed by atoms with van der Waals surface area (Å²) in [6.07, 6.45) is -1.88. The summed E-state index contributed by atoms with van der Waals surface area (Å²) in [6.45, 7) is 0.678. The first-order valence-electron chi connectivity index (χ1n) is 8.29. The minimum absolute atomic E-state index is 0.150. The highest BCUT2D eigenvalue weighted by Crippen LogP contribution is 2.30. The number of rotatable bonds is 3. The second-order valence-corrected chi connectivity index (χ2v) is 5.86. The van der Waals surface area contributed by atoms with Gasteiger partial charge in [-0.2, -0.15) is 0 Å². The van der Waals surface area contributed by atoms with E-state index >= 15 is 0 Å². The number of fused-ring (bicyclic) bond motifs is 1. The summed E-state index contributed by atoms with van der Waals surface area (Å²) < 4.78 is 4.49. The highest BCUT2D eigenvalue weighted by Gasteiger charge is 2.24. The van der Waals surface area contributed by atoms with E-state index in [1.54, 1.807) is 30.3 Å². The fraction of sp³-hybridized carbons (Fsp3) is 0.211. The van der Waals surface area contributed by atoms with E-state index in [-0.39, 0.29) is 17.3 Å². The molecule has 4 N–H and O–H groups in total. The molecule has 3 rings (SSSR count). The van der Waals surface area contributed by atoms with Crippen molar-refractivity contribution >= 4 is 23.4 Å². The number of carbonyl (C=O) groups excluding carboxylic acids is 2. The molecule has 0 saturated carbocycles. The van der Waals surface area contributed by atoms with Crippen LogP contribution in [0.5, 0.6) is 5.75 Å². The monoisotopic (exact) mass is 369 g/mol. The van der Waals surface area contributed by atoms with Gasteiger partial charge in [-0.25, -0.2) is 4.79 Å². The Bertz CT molecular complexity index is 910. The number of nitrogens with one attached hydrogen (secondary N) is 2. The Morgan fingerprint density at radius 1 is 1.26 bits per heavy atom. The second kappa shape index (κ2) is 7.88. The van der Waals surface area contributed by atoms with Gasteiger partial charge in [0.2, 0.25) is 0 Å². The largest absolute Gasteiger partial charge is 0.506 e. The molecule has 1 aliphatic heterocycles. The zero-order chi connectivity index (χ0) is 19.4. The molecular formula is C19H19N3O5. The lowest BCUT2D eigenvalue weighted by atomic mass is 9.94. The van der Waals surface area contributed by atoms with E-state index in [1.807, 2.05) is 0 Å². The van der Waals surface area contributed by atoms with Gasteiger partial charge < -0.3 is 20.3 Å². The number of hydrogen-bond acceptors (Lipinski definition) is 6. The third-order valence-electron chi connectivity index (χ3n) is 4.15. The molecule has 140 valence electrons. The fourth-order valence-corrected chi connectivity index (χ4v) is 2.81. The van der Waals surface area contributed by atoms with Crippen molar-refractivity contribution in [2.45, 2.75) is 6.10 Å². The predicted molar refractivity (Wildman–Crippen MR) is 99.3 cm³/mol. The van der Waals surface area contributed by atoms with E-state index in [2.05, 4.69) is 20.4 Å². The Morgan fingerprint density at radius 3 is 2.70 bits per heavy atom. The summed E-state index contributed by atoms with van der Waals surface area (Å²) in [7, 11) is 1.21. The van der Waals surface area contributed by atoms with Crippen LogP contribution in [-0.2, 0) is 4.74 Å². The van der Waals surface area contributed by atoms with E-state index in [0.717, 1.165) is 0 Å². The Labute approximate surface area is 155 Å². The van der Waals surface area contributed by atoms with Crippen LogP contribution < -0.4 is 10.6 Å². The van der Waals surface area contributed by atoms with Crippen molar-refractivity contribution in [2.75, 3.05) is 25.5 Å². The number of hydrogen-bond donors (Lipinski definition) is 4. The van der Waals surface area contributed by atoms with Crippen molar-refractivity contribution < 1.29 is 24.5 Å². The molecule has 0 fully saturated rings. The minimum atomic E-state index is -1.16. The van der Waals surface area contributed by atoms with Crippen LogP contribution in [0.4, 0.5) is 10.5 Å². The number of phenolic OH excluding ortho intramolecular Hbond substituents is 1. The Morgan fingerprint density at radius 2 is 2.00 bits per heavy atom. The molecule has 0 aromatic heterocycles. The molecule has 8 nitrogen and oxygen atoms in total. The average molecular weight is 369 g/mol. The lowest BCUT2D eigenvalue weighted by molar-refractivity contribution is 0.0954. The Kier molecular flexibility index (Phi) is 5.37. The lowest BCUT2D eigenvalue weighted by Crippen LogP contribution is -2.31. The minimum Gasteiger partial charge on any atom is -0.506 e. The van der Waals surface area contributed by atoms with Gasteiger partial charge in [0.05, 0.1) is 25.1 Å². The molecule has 0 bridgehead atoms. The standard InChI is InChI=1S/C19H19N3O5/c1-27-19(26)22-14-7-6-11(10-15(14)23)17(24)16-12-4-2-3-5-13(12)18(25)21-9-8-20-16/h2-7,10,17,23-24H,8-9H2,1H3,(H,21,25)(H,22,26). The number of nitrogens with zero attached hydrogens (tertiary/aromatic N) is 1. The molecular weight excluding hydrogens is 350 g/mol. The summed E-state index contributed by atoms with van der Waals surface area (Å²) in [6, 6.07) is 11.2. The van der Waals surface area contributed by atoms with Gasteiger partial charge in [0, 0.05) is 17.7 Å². The molecule has 1 atom stereocenters. The van der Waals surface area contributed by atoms with Crippen LogP contribution >= 0.6 is 0 Å².